The third-order valence-electron chi connectivity index (χ3n) is 11.7. The average Bonchev–Trinajstić information content (AvgIpc) is 4.10. The Bertz CT molecular complexity index is 2150. The molecule has 6 heterocycles. The Morgan fingerprint density at radius 1 is 0.696 bits per heavy atom. The number of carbonyl (C=O) groups is 3. The molecule has 12 heteroatoms. The lowest BCUT2D eigenvalue weighted by Gasteiger charge is -2.29. The largest absolute Gasteiger partial charge is 0.368 e. The monoisotopic (exact) mass is 753 g/mol. The summed E-state index contributed by atoms with van der Waals surface area (Å²) < 4.78 is 11.3. The molecule has 12 nitrogen and oxygen atoms in total. The molecule has 56 heavy (non-hydrogen) atoms. The Morgan fingerprint density at radius 3 is 2.00 bits per heavy atom. The fourth-order valence-electron chi connectivity index (χ4n) is 8.69. The summed E-state index contributed by atoms with van der Waals surface area (Å²) in [6.07, 6.45) is 9.63. The molecule has 3 N–H and O–H groups in total. The number of likely N-dealkylation sites (tertiary alicyclic amines) is 2. The minimum atomic E-state index is -0.807. The number of nitrogens with one attached hydrogen (secondary N) is 3. The molecule has 0 bridgehead atoms. The molecule has 4 aliphatic heterocycles. The van der Waals surface area contributed by atoms with Gasteiger partial charge < -0.3 is 34.6 Å². The van der Waals surface area contributed by atoms with Crippen LogP contribution in [0.15, 0.2) is 91.3 Å². The molecule has 2 aromatic heterocycles. The first kappa shape index (κ1) is 36.1. The van der Waals surface area contributed by atoms with E-state index < -0.39 is 12.1 Å². The van der Waals surface area contributed by atoms with Crippen molar-refractivity contribution in [2.45, 2.75) is 81.7 Å². The van der Waals surface area contributed by atoms with Gasteiger partial charge in [0.2, 0.25) is 11.8 Å². The summed E-state index contributed by atoms with van der Waals surface area (Å²) in [7, 11) is 0. The Labute approximate surface area is 326 Å². The van der Waals surface area contributed by atoms with Crippen molar-refractivity contribution in [1.29, 1.82) is 0 Å². The first-order valence-electron chi connectivity index (χ1n) is 20.0. The number of aromatic nitrogens is 4. The number of benzene rings is 3. The highest BCUT2D eigenvalue weighted by Gasteiger charge is 2.39. The van der Waals surface area contributed by atoms with Crippen molar-refractivity contribution in [1.82, 2.24) is 35.1 Å². The molecule has 3 amide bonds. The Morgan fingerprint density at radius 2 is 1.32 bits per heavy atom. The van der Waals surface area contributed by atoms with E-state index in [4.69, 9.17) is 19.4 Å². The quantitative estimate of drug-likeness (QED) is 0.144. The summed E-state index contributed by atoms with van der Waals surface area (Å²) in [6, 6.07) is 25.1. The minimum absolute atomic E-state index is 0.0495. The third-order valence-corrected chi connectivity index (χ3v) is 11.7. The molecule has 9 rings (SSSR count). The van der Waals surface area contributed by atoms with Gasteiger partial charge in [-0.05, 0) is 73.6 Å². The highest BCUT2D eigenvalue weighted by Crippen LogP contribution is 2.36. The summed E-state index contributed by atoms with van der Waals surface area (Å²) in [5.74, 6) is 1.26. The number of amides is 3. The lowest BCUT2D eigenvalue weighted by molar-refractivity contribution is -0.142. The fourth-order valence-corrected chi connectivity index (χ4v) is 8.69. The number of imidazole rings is 2. The van der Waals surface area contributed by atoms with E-state index in [9.17, 15) is 14.4 Å². The molecule has 0 unspecified atom stereocenters. The zero-order chi connectivity index (χ0) is 38.0. The number of rotatable bonds is 10. The van der Waals surface area contributed by atoms with Crippen molar-refractivity contribution < 1.29 is 23.9 Å². The second-order valence-electron chi connectivity index (χ2n) is 15.2. The highest BCUT2D eigenvalue weighted by molar-refractivity contribution is 5.90. The van der Waals surface area contributed by atoms with Gasteiger partial charge in [-0.3, -0.25) is 14.4 Å². The number of nitrogens with zero attached hydrogens (tertiary/aromatic N) is 4. The SMILES string of the molecule is O=C(N[C@@H](C(=O)N1CCC[C@H]1c1nc(-c2ccc(-c3ccc(-c4cnc([C@@H]5CCCN5C(=O)[C@H]5CCCO5)[nH]4)cc3)cc2)c[nH]1)c1ccccc1)[C@H]1CCCO1. The van der Waals surface area contributed by atoms with Crippen molar-refractivity contribution in [3.05, 3.63) is 108 Å². The predicted molar refractivity (Wildman–Crippen MR) is 210 cm³/mol. The van der Waals surface area contributed by atoms with Gasteiger partial charge in [0.1, 0.15) is 29.9 Å². The first-order chi connectivity index (χ1) is 27.5. The summed E-state index contributed by atoms with van der Waals surface area (Å²) in [6.45, 7) is 2.55. The molecular formula is C44H47N7O5. The van der Waals surface area contributed by atoms with E-state index in [0.29, 0.717) is 26.2 Å². The van der Waals surface area contributed by atoms with E-state index in [1.165, 1.54) is 0 Å². The summed E-state index contributed by atoms with van der Waals surface area (Å²) in [4.78, 5) is 60.7. The zero-order valence-electron chi connectivity index (χ0n) is 31.4. The highest BCUT2D eigenvalue weighted by atomic mass is 16.5. The van der Waals surface area contributed by atoms with Gasteiger partial charge in [-0.15, -0.1) is 0 Å². The topological polar surface area (TPSA) is 146 Å². The lowest BCUT2D eigenvalue weighted by atomic mass is 10.0. The van der Waals surface area contributed by atoms with E-state index >= 15 is 0 Å². The molecule has 3 aromatic carbocycles. The van der Waals surface area contributed by atoms with Crippen LogP contribution in [0.3, 0.4) is 0 Å². The summed E-state index contributed by atoms with van der Waals surface area (Å²) in [5, 5.41) is 3.00. The predicted octanol–water partition coefficient (Wildman–Crippen LogP) is 6.68. The molecule has 0 radical (unpaired) electrons. The van der Waals surface area contributed by atoms with Gasteiger partial charge in [0, 0.05) is 38.1 Å². The van der Waals surface area contributed by atoms with Crippen LogP contribution in [-0.2, 0) is 23.9 Å². The molecular weight excluding hydrogens is 707 g/mol. The number of hydrogen-bond donors (Lipinski definition) is 3. The standard InChI is InChI=1S/C44H47N7O5/c52-42(37-12-6-24-55-37)49-39(32-8-2-1-3-9-32)44(54)51-23-5-11-36(51)41-46-27-34(48-41)31-20-16-29(17-21-31)28-14-18-30(19-15-28)33-26-45-40(47-33)35-10-4-22-50(35)43(53)38-13-7-25-56-38/h1-3,8-9,14-21,26-27,35-39H,4-7,10-13,22-25H2,(H,45,47)(H,46,48)(H,49,52)/t35-,36-,37+,38+,39+/m0/s1. The van der Waals surface area contributed by atoms with Gasteiger partial charge in [0.05, 0.1) is 29.7 Å². The molecule has 0 spiro atoms. The normalized spacial score (nSPS) is 22.8. The van der Waals surface area contributed by atoms with Crippen LogP contribution in [0, 0.1) is 0 Å². The van der Waals surface area contributed by atoms with E-state index in [2.05, 4.69) is 63.8 Å². The molecule has 4 fully saturated rings. The first-order valence-corrected chi connectivity index (χ1v) is 20.0. The Balaban J connectivity index is 0.859. The maximum Gasteiger partial charge on any atom is 0.252 e. The van der Waals surface area contributed by atoms with E-state index in [1.54, 1.807) is 0 Å². The van der Waals surface area contributed by atoms with Gasteiger partial charge >= 0.3 is 0 Å². The minimum Gasteiger partial charge on any atom is -0.368 e. The van der Waals surface area contributed by atoms with Crippen LogP contribution in [-0.4, -0.2) is 86.0 Å². The van der Waals surface area contributed by atoms with Crippen molar-refractivity contribution in [2.24, 2.45) is 0 Å². The Kier molecular flexibility index (Phi) is 10.2. The van der Waals surface area contributed by atoms with Crippen LogP contribution >= 0.6 is 0 Å². The molecule has 4 saturated heterocycles. The second-order valence-corrected chi connectivity index (χ2v) is 15.2. The molecule has 0 aliphatic carbocycles. The smallest absolute Gasteiger partial charge is 0.252 e. The van der Waals surface area contributed by atoms with Crippen LogP contribution < -0.4 is 5.32 Å². The summed E-state index contributed by atoms with van der Waals surface area (Å²) in [5.41, 5.74) is 6.65. The maximum atomic E-state index is 14.2. The van der Waals surface area contributed by atoms with Crippen LogP contribution in [0.1, 0.15) is 86.7 Å². The summed E-state index contributed by atoms with van der Waals surface area (Å²) >= 11 is 0. The molecule has 0 saturated carbocycles. The van der Waals surface area contributed by atoms with Crippen molar-refractivity contribution in [3.8, 4) is 33.6 Å². The van der Waals surface area contributed by atoms with Crippen LogP contribution in [0.5, 0.6) is 0 Å². The average molecular weight is 754 g/mol. The second kappa shape index (κ2) is 15.9. The van der Waals surface area contributed by atoms with E-state index in [0.717, 1.165) is 102 Å². The van der Waals surface area contributed by atoms with Crippen LogP contribution in [0.4, 0.5) is 0 Å². The number of aromatic amines is 2. The third kappa shape index (κ3) is 7.26. The number of hydrogen-bond acceptors (Lipinski definition) is 7. The van der Waals surface area contributed by atoms with Gasteiger partial charge in [0.15, 0.2) is 0 Å². The molecule has 5 aromatic rings. The Hall–Kier alpha value is -5.59. The van der Waals surface area contributed by atoms with Gasteiger partial charge in [-0.1, -0.05) is 78.9 Å². The van der Waals surface area contributed by atoms with Crippen molar-refractivity contribution in [2.75, 3.05) is 26.3 Å². The van der Waals surface area contributed by atoms with E-state index in [-0.39, 0.29) is 35.9 Å². The van der Waals surface area contributed by atoms with Crippen molar-refractivity contribution in [3.63, 3.8) is 0 Å². The zero-order valence-corrected chi connectivity index (χ0v) is 31.4. The molecule has 5 atom stereocenters. The number of carbonyl (C=O) groups excluding carboxylic acids is 3. The lowest BCUT2D eigenvalue weighted by Crippen LogP contribution is -2.45. The van der Waals surface area contributed by atoms with Gasteiger partial charge in [0.25, 0.3) is 5.91 Å². The van der Waals surface area contributed by atoms with Crippen LogP contribution in [0.25, 0.3) is 33.6 Å². The molecule has 288 valence electrons. The molecule has 4 aliphatic rings. The van der Waals surface area contributed by atoms with Gasteiger partial charge in [-0.2, -0.15) is 0 Å². The van der Waals surface area contributed by atoms with Crippen LogP contribution in [0.2, 0.25) is 0 Å². The van der Waals surface area contributed by atoms with Crippen molar-refractivity contribution >= 4 is 17.7 Å². The van der Waals surface area contributed by atoms with E-state index in [1.807, 2.05) is 52.5 Å². The maximum absolute atomic E-state index is 14.2. The fraction of sp³-hybridized carbons (Fsp3) is 0.386. The number of H-pyrrole nitrogens is 2. The van der Waals surface area contributed by atoms with Gasteiger partial charge in [-0.25, -0.2) is 9.97 Å². The number of ether oxygens (including phenoxy) is 2.